The molecule has 0 saturated carbocycles. The van der Waals surface area contributed by atoms with Crippen LogP contribution >= 0.6 is 0 Å². The van der Waals surface area contributed by atoms with Crippen LogP contribution < -0.4 is 25.4 Å². The van der Waals surface area contributed by atoms with Gasteiger partial charge in [0.25, 0.3) is 11.8 Å². The highest BCUT2D eigenvalue weighted by molar-refractivity contribution is 5.99. The number of carbonyl (C=O) groups excluding carboxylic acids is 4. The molecule has 0 spiro atoms. The normalized spacial score (nSPS) is 10.1. The van der Waals surface area contributed by atoms with Crippen molar-refractivity contribution in [2.75, 3.05) is 38.4 Å². The van der Waals surface area contributed by atoms with Crippen LogP contribution in [-0.4, -0.2) is 56.3 Å². The molecule has 2 aromatic carbocycles. The van der Waals surface area contributed by atoms with Crippen molar-refractivity contribution in [3.63, 3.8) is 0 Å². The third-order valence-corrected chi connectivity index (χ3v) is 4.37. The van der Waals surface area contributed by atoms with Gasteiger partial charge in [0.1, 0.15) is 0 Å². The lowest BCUT2D eigenvalue weighted by Gasteiger charge is -2.15. The molecule has 0 fully saturated rings. The van der Waals surface area contributed by atoms with Crippen LogP contribution in [0.2, 0.25) is 0 Å². The monoisotopic (exact) mass is 456 g/mol. The number of amides is 4. The highest BCUT2D eigenvalue weighted by atomic mass is 16.5. The van der Waals surface area contributed by atoms with Crippen molar-refractivity contribution in [2.24, 2.45) is 0 Å². The maximum Gasteiger partial charge on any atom is 0.259 e. The van der Waals surface area contributed by atoms with E-state index in [1.807, 2.05) is 0 Å². The number of rotatable bonds is 9. The molecule has 176 valence electrons. The molecule has 3 N–H and O–H groups in total. The summed E-state index contributed by atoms with van der Waals surface area (Å²) in [6.45, 7) is 2.76. The summed E-state index contributed by atoms with van der Waals surface area (Å²) in [7, 11) is 4.76. The van der Waals surface area contributed by atoms with Gasteiger partial charge in [-0.25, -0.2) is 0 Å². The average Bonchev–Trinajstić information content (AvgIpc) is 2.74. The van der Waals surface area contributed by atoms with Gasteiger partial charge in [-0.05, 0) is 35.9 Å². The predicted molar refractivity (Wildman–Crippen MR) is 123 cm³/mol. The summed E-state index contributed by atoms with van der Waals surface area (Å²) >= 11 is 0. The van der Waals surface area contributed by atoms with Crippen LogP contribution in [-0.2, 0) is 20.9 Å². The van der Waals surface area contributed by atoms with Crippen molar-refractivity contribution in [2.45, 2.75) is 20.4 Å². The number of nitrogens with one attached hydrogen (secondary N) is 3. The lowest BCUT2D eigenvalue weighted by atomic mass is 10.1. The summed E-state index contributed by atoms with van der Waals surface area (Å²) < 4.78 is 10.9. The first-order valence-corrected chi connectivity index (χ1v) is 10.1. The van der Waals surface area contributed by atoms with E-state index in [0.29, 0.717) is 22.9 Å². The van der Waals surface area contributed by atoms with Crippen LogP contribution in [0, 0.1) is 0 Å². The Kier molecular flexibility index (Phi) is 8.79. The zero-order valence-corrected chi connectivity index (χ0v) is 19.3. The molecular formula is C23H28N4O6. The topological polar surface area (TPSA) is 126 Å². The van der Waals surface area contributed by atoms with Crippen LogP contribution in [0.1, 0.15) is 29.8 Å². The fraction of sp³-hybridized carbons (Fsp3) is 0.304. The van der Waals surface area contributed by atoms with Gasteiger partial charge in [0, 0.05) is 51.4 Å². The third kappa shape index (κ3) is 7.84. The van der Waals surface area contributed by atoms with E-state index in [-0.39, 0.29) is 36.4 Å². The van der Waals surface area contributed by atoms with Gasteiger partial charge >= 0.3 is 0 Å². The second-order valence-corrected chi connectivity index (χ2v) is 7.41. The summed E-state index contributed by atoms with van der Waals surface area (Å²) in [5.74, 6) is -0.358. The van der Waals surface area contributed by atoms with Crippen molar-refractivity contribution in [3.8, 4) is 11.5 Å². The zero-order chi connectivity index (χ0) is 24.5. The molecule has 0 aliphatic heterocycles. The van der Waals surface area contributed by atoms with Crippen molar-refractivity contribution in [1.29, 1.82) is 0 Å². The Balaban J connectivity index is 2.12. The molecule has 10 nitrogen and oxygen atoms in total. The average molecular weight is 456 g/mol. The number of carbonyl (C=O) groups is 4. The van der Waals surface area contributed by atoms with E-state index in [1.165, 1.54) is 38.0 Å². The van der Waals surface area contributed by atoms with Crippen LogP contribution in [0.3, 0.4) is 0 Å². The fourth-order valence-electron chi connectivity index (χ4n) is 2.80. The highest BCUT2D eigenvalue weighted by Gasteiger charge is 2.13. The Morgan fingerprint density at radius 1 is 0.879 bits per heavy atom. The van der Waals surface area contributed by atoms with E-state index in [9.17, 15) is 19.2 Å². The molecule has 2 aromatic rings. The molecule has 10 heteroatoms. The molecule has 0 aliphatic carbocycles. The van der Waals surface area contributed by atoms with Crippen molar-refractivity contribution >= 4 is 35.0 Å². The van der Waals surface area contributed by atoms with Crippen LogP contribution in [0.5, 0.6) is 11.5 Å². The summed E-state index contributed by atoms with van der Waals surface area (Å²) in [6, 6.07) is 9.70. The Labute approximate surface area is 192 Å². The number of ether oxygens (including phenoxy) is 2. The van der Waals surface area contributed by atoms with E-state index in [4.69, 9.17) is 9.47 Å². The lowest BCUT2D eigenvalue weighted by Crippen LogP contribution is -2.27. The molecule has 4 amide bonds. The molecule has 0 aliphatic rings. The molecular weight excluding hydrogens is 428 g/mol. The first-order valence-electron chi connectivity index (χ1n) is 10.1. The molecule has 0 bridgehead atoms. The molecule has 0 heterocycles. The summed E-state index contributed by atoms with van der Waals surface area (Å²) in [4.78, 5) is 48.7. The molecule has 0 unspecified atom stereocenters. The summed E-state index contributed by atoms with van der Waals surface area (Å²) in [6.07, 6.45) is 0. The van der Waals surface area contributed by atoms with Gasteiger partial charge in [-0.15, -0.1) is 0 Å². The van der Waals surface area contributed by atoms with Gasteiger partial charge in [-0.2, -0.15) is 0 Å². The second kappa shape index (κ2) is 11.5. The molecule has 0 saturated heterocycles. The number of nitrogens with zero attached hydrogens (tertiary/aromatic N) is 1. The number of anilines is 2. The molecule has 33 heavy (non-hydrogen) atoms. The SMILES string of the molecule is COc1cc(CNC(=O)c2cc(NC(C)=O)cc(NC(C)=O)c2)ccc1OCC(=O)N(C)C. The first kappa shape index (κ1) is 25.2. The quantitative estimate of drug-likeness (QED) is 0.530. The zero-order valence-electron chi connectivity index (χ0n) is 19.3. The van der Waals surface area contributed by atoms with Gasteiger partial charge in [0.2, 0.25) is 11.8 Å². The standard InChI is InChI=1S/C23H28N4O6/c1-14(28)25-18-9-17(10-19(11-18)26-15(2)29)23(31)24-12-16-6-7-20(21(8-16)32-5)33-13-22(30)27(3)4/h6-11H,12-13H2,1-5H3,(H,24,31)(H,25,28)(H,26,29). The molecule has 0 radical (unpaired) electrons. The summed E-state index contributed by atoms with van der Waals surface area (Å²) in [5.41, 5.74) is 1.77. The third-order valence-electron chi connectivity index (χ3n) is 4.37. The minimum atomic E-state index is -0.398. The van der Waals surface area contributed by atoms with E-state index in [2.05, 4.69) is 16.0 Å². The van der Waals surface area contributed by atoms with E-state index in [1.54, 1.807) is 38.4 Å². The smallest absolute Gasteiger partial charge is 0.259 e. The van der Waals surface area contributed by atoms with Crippen molar-refractivity contribution in [3.05, 3.63) is 47.5 Å². The predicted octanol–water partition coefficient (Wildman–Crippen LogP) is 2.01. The highest BCUT2D eigenvalue weighted by Crippen LogP contribution is 2.28. The lowest BCUT2D eigenvalue weighted by molar-refractivity contribution is -0.130. The molecule has 2 rings (SSSR count). The first-order chi connectivity index (χ1) is 15.6. The Hall–Kier alpha value is -4.08. The largest absolute Gasteiger partial charge is 0.493 e. The number of hydrogen-bond donors (Lipinski definition) is 3. The van der Waals surface area contributed by atoms with Crippen molar-refractivity contribution in [1.82, 2.24) is 10.2 Å². The minimum absolute atomic E-state index is 0.124. The Morgan fingerprint density at radius 3 is 2.00 bits per heavy atom. The Morgan fingerprint density at radius 2 is 1.48 bits per heavy atom. The van der Waals surface area contributed by atoms with Gasteiger partial charge < -0.3 is 30.3 Å². The van der Waals surface area contributed by atoms with Crippen LogP contribution in [0.25, 0.3) is 0 Å². The van der Waals surface area contributed by atoms with Crippen LogP contribution in [0.15, 0.2) is 36.4 Å². The Bertz CT molecular complexity index is 1020. The van der Waals surface area contributed by atoms with Gasteiger partial charge in [-0.3, -0.25) is 19.2 Å². The maximum atomic E-state index is 12.7. The maximum absolute atomic E-state index is 12.7. The number of likely N-dealkylation sites (N-methyl/N-ethyl adjacent to an activating group) is 1. The second-order valence-electron chi connectivity index (χ2n) is 7.41. The minimum Gasteiger partial charge on any atom is -0.493 e. The van der Waals surface area contributed by atoms with Crippen molar-refractivity contribution < 1.29 is 28.7 Å². The molecule has 0 aromatic heterocycles. The van der Waals surface area contributed by atoms with E-state index < -0.39 is 5.91 Å². The van der Waals surface area contributed by atoms with Gasteiger partial charge in [-0.1, -0.05) is 6.07 Å². The van der Waals surface area contributed by atoms with Crippen LogP contribution in [0.4, 0.5) is 11.4 Å². The number of methoxy groups -OCH3 is 1. The van der Waals surface area contributed by atoms with Gasteiger partial charge in [0.15, 0.2) is 18.1 Å². The number of benzene rings is 2. The van der Waals surface area contributed by atoms with E-state index >= 15 is 0 Å². The van der Waals surface area contributed by atoms with E-state index in [0.717, 1.165) is 5.56 Å². The van der Waals surface area contributed by atoms with Gasteiger partial charge in [0.05, 0.1) is 7.11 Å². The molecule has 0 atom stereocenters. The fourth-order valence-corrected chi connectivity index (χ4v) is 2.80. The number of hydrogen-bond acceptors (Lipinski definition) is 6. The summed E-state index contributed by atoms with van der Waals surface area (Å²) in [5, 5.41) is 8.01.